The van der Waals surface area contributed by atoms with Gasteiger partial charge in [0.1, 0.15) is 0 Å². The van der Waals surface area contributed by atoms with Crippen LogP contribution in [0.25, 0.3) is 0 Å². The molecule has 160 valence electrons. The van der Waals surface area contributed by atoms with Gasteiger partial charge in [0.15, 0.2) is 0 Å². The number of anilines is 1. The highest BCUT2D eigenvalue weighted by atomic mass is 35.5. The van der Waals surface area contributed by atoms with Crippen LogP contribution in [0.2, 0.25) is 5.02 Å². The van der Waals surface area contributed by atoms with Crippen LogP contribution >= 0.6 is 11.6 Å². The van der Waals surface area contributed by atoms with Gasteiger partial charge in [-0.05, 0) is 36.6 Å². The van der Waals surface area contributed by atoms with Crippen LogP contribution in [-0.4, -0.2) is 51.6 Å². The number of sulfonamides is 1. The molecule has 1 amide bonds. The molecule has 1 fully saturated rings. The lowest BCUT2D eigenvalue weighted by molar-refractivity contribution is -0.149. The summed E-state index contributed by atoms with van der Waals surface area (Å²) in [6, 6.07) is 13.9. The minimum absolute atomic E-state index is 0.148. The number of esters is 1. The Labute approximate surface area is 181 Å². The van der Waals surface area contributed by atoms with Crippen LogP contribution in [0.4, 0.5) is 5.69 Å². The van der Waals surface area contributed by atoms with E-state index in [9.17, 15) is 18.0 Å². The van der Waals surface area contributed by atoms with E-state index in [4.69, 9.17) is 16.3 Å². The molecule has 2 aromatic carbocycles. The van der Waals surface area contributed by atoms with E-state index in [1.807, 2.05) is 30.3 Å². The molecule has 1 N–H and O–H groups in total. The molecule has 7 nitrogen and oxygen atoms in total. The van der Waals surface area contributed by atoms with Crippen molar-refractivity contribution in [2.45, 2.75) is 18.3 Å². The molecule has 1 heterocycles. The van der Waals surface area contributed by atoms with Crippen molar-refractivity contribution in [2.75, 3.05) is 31.2 Å². The zero-order valence-corrected chi connectivity index (χ0v) is 18.3. The predicted molar refractivity (Wildman–Crippen MR) is 115 cm³/mol. The van der Waals surface area contributed by atoms with Gasteiger partial charge in [0.25, 0.3) is 5.91 Å². The molecule has 30 heavy (non-hydrogen) atoms. The Morgan fingerprint density at radius 3 is 2.30 bits per heavy atom. The van der Waals surface area contributed by atoms with Crippen molar-refractivity contribution in [3.8, 4) is 0 Å². The van der Waals surface area contributed by atoms with Gasteiger partial charge in [-0.15, -0.1) is 0 Å². The van der Waals surface area contributed by atoms with Gasteiger partial charge in [-0.3, -0.25) is 14.3 Å². The first-order valence-corrected chi connectivity index (χ1v) is 11.6. The summed E-state index contributed by atoms with van der Waals surface area (Å²) in [5.41, 5.74) is 0.539. The van der Waals surface area contributed by atoms with Crippen LogP contribution in [0.5, 0.6) is 0 Å². The molecular formula is C21H23ClN2O5S. The smallest absolute Gasteiger partial charge is 0.316 e. The second kappa shape index (κ2) is 8.65. The van der Waals surface area contributed by atoms with Gasteiger partial charge in [0.2, 0.25) is 10.0 Å². The number of halogens is 1. The molecule has 3 rings (SSSR count). The molecule has 0 saturated carbocycles. The van der Waals surface area contributed by atoms with Gasteiger partial charge in [-0.25, -0.2) is 8.42 Å². The first kappa shape index (κ1) is 22.1. The summed E-state index contributed by atoms with van der Waals surface area (Å²) in [5, 5.41) is 0.199. The molecule has 1 aliphatic rings. The lowest BCUT2D eigenvalue weighted by Crippen LogP contribution is -2.49. The van der Waals surface area contributed by atoms with Crippen LogP contribution in [0.1, 0.15) is 28.8 Å². The maximum absolute atomic E-state index is 13.0. The highest BCUT2D eigenvalue weighted by molar-refractivity contribution is 7.92. The monoisotopic (exact) mass is 450 g/mol. The van der Waals surface area contributed by atoms with E-state index >= 15 is 0 Å². The van der Waals surface area contributed by atoms with E-state index in [2.05, 4.69) is 4.72 Å². The minimum atomic E-state index is -3.54. The predicted octanol–water partition coefficient (Wildman–Crippen LogP) is 3.06. The highest BCUT2D eigenvalue weighted by Gasteiger charge is 2.44. The SMILES string of the molecule is COC(=O)C1(c2ccccc2)CCN(C(=O)c2ccc(Cl)c(NS(C)(=O)=O)c2)CC1. The van der Waals surface area contributed by atoms with Crippen LogP contribution in [0.3, 0.4) is 0 Å². The number of amides is 1. The van der Waals surface area contributed by atoms with Crippen molar-refractivity contribution in [3.05, 3.63) is 64.7 Å². The topological polar surface area (TPSA) is 92.8 Å². The van der Waals surface area contributed by atoms with Crippen molar-refractivity contribution >= 4 is 39.2 Å². The number of likely N-dealkylation sites (tertiary alicyclic amines) is 1. The molecule has 0 radical (unpaired) electrons. The number of nitrogens with one attached hydrogen (secondary N) is 1. The Hall–Kier alpha value is -2.58. The third-order valence-corrected chi connectivity index (χ3v) is 6.24. The lowest BCUT2D eigenvalue weighted by atomic mass is 9.72. The zero-order chi connectivity index (χ0) is 21.9. The summed E-state index contributed by atoms with van der Waals surface area (Å²) in [7, 11) is -2.17. The van der Waals surface area contributed by atoms with Crippen molar-refractivity contribution < 1.29 is 22.7 Å². The molecule has 0 unspecified atom stereocenters. The highest BCUT2D eigenvalue weighted by Crippen LogP contribution is 2.37. The van der Waals surface area contributed by atoms with E-state index in [1.165, 1.54) is 19.2 Å². The number of hydrogen-bond donors (Lipinski definition) is 1. The van der Waals surface area contributed by atoms with E-state index in [1.54, 1.807) is 11.0 Å². The standard InChI is InChI=1S/C21H23ClN2O5S/c1-29-20(26)21(16-6-4-3-5-7-16)10-12-24(13-11-21)19(25)15-8-9-17(22)18(14-15)23-30(2,27)28/h3-9,14,23H,10-13H2,1-2H3. The molecule has 0 atom stereocenters. The second-order valence-corrected chi connectivity index (χ2v) is 9.46. The first-order valence-electron chi connectivity index (χ1n) is 9.37. The summed E-state index contributed by atoms with van der Waals surface area (Å²) in [6.45, 7) is 0.723. The third kappa shape index (κ3) is 4.60. The summed E-state index contributed by atoms with van der Waals surface area (Å²) in [4.78, 5) is 27.3. The van der Waals surface area contributed by atoms with Crippen molar-refractivity contribution in [1.29, 1.82) is 0 Å². The molecule has 1 saturated heterocycles. The number of ether oxygens (including phenoxy) is 1. The molecule has 0 aromatic heterocycles. The first-order chi connectivity index (χ1) is 14.2. The molecule has 9 heteroatoms. The van der Waals surface area contributed by atoms with Gasteiger partial charge >= 0.3 is 5.97 Å². The summed E-state index contributed by atoms with van der Waals surface area (Å²) < 4.78 is 30.4. The Bertz CT molecular complexity index is 1050. The molecule has 0 bridgehead atoms. The quantitative estimate of drug-likeness (QED) is 0.706. The third-order valence-electron chi connectivity index (χ3n) is 5.32. The summed E-state index contributed by atoms with van der Waals surface area (Å²) in [5.74, 6) is -0.568. The van der Waals surface area contributed by atoms with Crippen LogP contribution in [-0.2, 0) is 25.0 Å². The van der Waals surface area contributed by atoms with Crippen LogP contribution in [0.15, 0.2) is 48.5 Å². The van der Waals surface area contributed by atoms with E-state index in [0.29, 0.717) is 31.5 Å². The number of carbonyl (C=O) groups excluding carboxylic acids is 2. The summed E-state index contributed by atoms with van der Waals surface area (Å²) >= 11 is 6.05. The molecule has 0 spiro atoms. The normalized spacial score (nSPS) is 16.0. The fourth-order valence-corrected chi connectivity index (χ4v) is 4.56. The number of rotatable bonds is 5. The fraction of sp³-hybridized carbons (Fsp3) is 0.333. The number of carbonyl (C=O) groups is 2. The molecule has 0 aliphatic carbocycles. The average Bonchev–Trinajstić information content (AvgIpc) is 2.74. The van der Waals surface area contributed by atoms with Crippen molar-refractivity contribution in [1.82, 2.24) is 4.90 Å². The Balaban J connectivity index is 1.81. The minimum Gasteiger partial charge on any atom is -0.468 e. The fourth-order valence-electron chi connectivity index (χ4n) is 3.77. The van der Waals surface area contributed by atoms with Gasteiger partial charge in [-0.1, -0.05) is 41.9 Å². The zero-order valence-electron chi connectivity index (χ0n) is 16.7. The molecule has 1 aliphatic heterocycles. The Kier molecular flexibility index (Phi) is 6.38. The number of piperidine rings is 1. The average molecular weight is 451 g/mol. The Morgan fingerprint density at radius 1 is 1.10 bits per heavy atom. The van der Waals surface area contributed by atoms with Crippen molar-refractivity contribution in [2.24, 2.45) is 0 Å². The van der Waals surface area contributed by atoms with Gasteiger partial charge in [0, 0.05) is 18.7 Å². The summed E-state index contributed by atoms with van der Waals surface area (Å²) in [6.07, 6.45) is 1.87. The number of methoxy groups -OCH3 is 1. The van der Waals surface area contributed by atoms with E-state index < -0.39 is 15.4 Å². The Morgan fingerprint density at radius 2 is 1.73 bits per heavy atom. The maximum atomic E-state index is 13.0. The number of hydrogen-bond acceptors (Lipinski definition) is 5. The van der Waals surface area contributed by atoms with Crippen LogP contribution < -0.4 is 4.72 Å². The lowest BCUT2D eigenvalue weighted by Gasteiger charge is -2.40. The van der Waals surface area contributed by atoms with Crippen molar-refractivity contribution in [3.63, 3.8) is 0 Å². The van der Waals surface area contributed by atoms with Gasteiger partial charge < -0.3 is 9.64 Å². The second-order valence-electron chi connectivity index (χ2n) is 7.30. The maximum Gasteiger partial charge on any atom is 0.316 e. The molecular weight excluding hydrogens is 428 g/mol. The van der Waals surface area contributed by atoms with E-state index in [0.717, 1.165) is 11.8 Å². The largest absolute Gasteiger partial charge is 0.468 e. The van der Waals surface area contributed by atoms with Gasteiger partial charge in [0.05, 0.1) is 29.5 Å². The number of benzene rings is 2. The van der Waals surface area contributed by atoms with E-state index in [-0.39, 0.29) is 22.6 Å². The van der Waals surface area contributed by atoms with Crippen LogP contribution in [0, 0.1) is 0 Å². The van der Waals surface area contributed by atoms with Gasteiger partial charge in [-0.2, -0.15) is 0 Å². The number of nitrogens with zero attached hydrogens (tertiary/aromatic N) is 1. The molecule has 2 aromatic rings.